The Balaban J connectivity index is 1.67. The molecule has 3 rings (SSSR count). The summed E-state index contributed by atoms with van der Waals surface area (Å²) in [5.41, 5.74) is 2.76. The largest absolute Gasteiger partial charge is 0.482 e. The second kappa shape index (κ2) is 9.95. The lowest BCUT2D eigenvalue weighted by atomic mass is 10.1. The van der Waals surface area contributed by atoms with Gasteiger partial charge in [-0.15, -0.1) is 10.2 Å². The van der Waals surface area contributed by atoms with Crippen molar-refractivity contribution in [2.24, 2.45) is 0 Å². The summed E-state index contributed by atoms with van der Waals surface area (Å²) in [4.78, 5) is 16.2. The second-order valence-electron chi connectivity index (χ2n) is 6.72. The number of rotatable bonds is 8. The summed E-state index contributed by atoms with van der Waals surface area (Å²) in [6, 6.07) is 9.40. The first-order valence-electron chi connectivity index (χ1n) is 9.59. The average molecular weight is 446 g/mol. The van der Waals surface area contributed by atoms with Gasteiger partial charge in [0.2, 0.25) is 5.91 Å². The molecule has 0 aliphatic heterocycles. The van der Waals surface area contributed by atoms with Gasteiger partial charge in [-0.3, -0.25) is 4.79 Å². The van der Waals surface area contributed by atoms with Gasteiger partial charge in [0.1, 0.15) is 5.75 Å². The van der Waals surface area contributed by atoms with Gasteiger partial charge in [-0.25, -0.2) is 4.98 Å². The lowest BCUT2D eigenvalue weighted by Crippen LogP contribution is -2.16. The van der Waals surface area contributed by atoms with Gasteiger partial charge in [0.05, 0.1) is 11.4 Å². The smallest absolute Gasteiger partial charge is 0.234 e. The highest BCUT2D eigenvalue weighted by atomic mass is 35.5. The zero-order valence-electron chi connectivity index (χ0n) is 17.3. The second-order valence-corrected chi connectivity index (χ2v) is 8.02. The number of carbonyl (C=O) groups excluding carboxylic acids is 1. The van der Waals surface area contributed by atoms with Crippen molar-refractivity contribution in [3.63, 3.8) is 0 Å². The first-order valence-corrected chi connectivity index (χ1v) is 11.0. The molecule has 30 heavy (non-hydrogen) atoms. The van der Waals surface area contributed by atoms with Gasteiger partial charge in [-0.2, -0.15) is 0 Å². The minimum atomic E-state index is -0.282. The standard InChI is InChI=1S/C21H24ClN5O2S/c1-5-27-20(15(4)29-17-10-6-8-13(2)14(17)3)25-26-21(27)30-12-18(28)24-16-9-7-11-23-19(16)22/h6-11,15H,5,12H2,1-4H3,(H,24,28). The number of nitrogens with one attached hydrogen (secondary N) is 1. The Morgan fingerprint density at radius 1 is 1.27 bits per heavy atom. The van der Waals surface area contributed by atoms with Gasteiger partial charge in [0.25, 0.3) is 0 Å². The Morgan fingerprint density at radius 2 is 2.07 bits per heavy atom. The van der Waals surface area contributed by atoms with E-state index in [9.17, 15) is 4.79 Å². The van der Waals surface area contributed by atoms with E-state index in [1.54, 1.807) is 18.3 Å². The minimum Gasteiger partial charge on any atom is -0.482 e. The first-order chi connectivity index (χ1) is 14.4. The van der Waals surface area contributed by atoms with E-state index in [2.05, 4.69) is 33.5 Å². The van der Waals surface area contributed by atoms with Crippen LogP contribution < -0.4 is 10.1 Å². The molecule has 1 unspecified atom stereocenters. The number of amides is 1. The van der Waals surface area contributed by atoms with Crippen LogP contribution in [0.5, 0.6) is 5.75 Å². The molecule has 9 heteroatoms. The van der Waals surface area contributed by atoms with Crippen molar-refractivity contribution >= 4 is 35.0 Å². The van der Waals surface area contributed by atoms with Crippen molar-refractivity contribution in [3.8, 4) is 5.75 Å². The summed E-state index contributed by atoms with van der Waals surface area (Å²) >= 11 is 7.30. The fraction of sp³-hybridized carbons (Fsp3) is 0.333. The maximum absolute atomic E-state index is 12.3. The molecule has 1 N–H and O–H groups in total. The normalized spacial score (nSPS) is 11.9. The molecule has 3 aromatic rings. The predicted octanol–water partition coefficient (Wildman–Crippen LogP) is 4.83. The van der Waals surface area contributed by atoms with Crippen LogP contribution in [0.15, 0.2) is 41.7 Å². The molecule has 1 aromatic carbocycles. The van der Waals surface area contributed by atoms with Crippen LogP contribution in [0.3, 0.4) is 0 Å². The van der Waals surface area contributed by atoms with Crippen LogP contribution in [-0.4, -0.2) is 31.4 Å². The van der Waals surface area contributed by atoms with Crippen LogP contribution >= 0.6 is 23.4 Å². The Labute approximate surface area is 185 Å². The fourth-order valence-corrected chi connectivity index (χ4v) is 3.87. The predicted molar refractivity (Wildman–Crippen MR) is 119 cm³/mol. The van der Waals surface area contributed by atoms with Crippen molar-refractivity contribution in [2.75, 3.05) is 11.1 Å². The average Bonchev–Trinajstić information content (AvgIpc) is 3.14. The minimum absolute atomic E-state index is 0.176. The molecule has 0 saturated carbocycles. The first kappa shape index (κ1) is 22.1. The zero-order chi connectivity index (χ0) is 21.7. The number of halogens is 1. The van der Waals surface area contributed by atoms with E-state index in [0.717, 1.165) is 17.1 Å². The van der Waals surface area contributed by atoms with Crippen LogP contribution in [0, 0.1) is 13.8 Å². The highest BCUT2D eigenvalue weighted by Crippen LogP contribution is 2.28. The molecule has 0 bridgehead atoms. The number of hydrogen-bond acceptors (Lipinski definition) is 6. The van der Waals surface area contributed by atoms with Crippen LogP contribution in [0.25, 0.3) is 0 Å². The van der Waals surface area contributed by atoms with Crippen molar-refractivity contribution in [1.82, 2.24) is 19.7 Å². The van der Waals surface area contributed by atoms with Crippen molar-refractivity contribution in [2.45, 2.75) is 45.5 Å². The Kier molecular flexibility index (Phi) is 7.33. The summed E-state index contributed by atoms with van der Waals surface area (Å²) in [6.45, 7) is 8.72. The molecule has 0 aliphatic carbocycles. The molecule has 158 valence electrons. The van der Waals surface area contributed by atoms with Gasteiger partial charge < -0.3 is 14.6 Å². The number of ether oxygens (including phenoxy) is 1. The maximum atomic E-state index is 12.3. The van der Waals surface area contributed by atoms with E-state index >= 15 is 0 Å². The third-order valence-electron chi connectivity index (χ3n) is 4.65. The number of anilines is 1. The lowest BCUT2D eigenvalue weighted by Gasteiger charge is -2.17. The molecule has 2 heterocycles. The molecule has 0 spiro atoms. The monoisotopic (exact) mass is 445 g/mol. The molecule has 1 amide bonds. The van der Waals surface area contributed by atoms with Gasteiger partial charge in [-0.05, 0) is 57.0 Å². The third-order valence-corrected chi connectivity index (χ3v) is 5.92. The van der Waals surface area contributed by atoms with E-state index < -0.39 is 0 Å². The number of carbonyl (C=O) groups is 1. The Bertz CT molecular complexity index is 1040. The number of thioether (sulfide) groups is 1. The molecule has 2 aromatic heterocycles. The molecular weight excluding hydrogens is 422 g/mol. The van der Waals surface area contributed by atoms with Gasteiger partial charge in [-0.1, -0.05) is 35.5 Å². The highest BCUT2D eigenvalue weighted by Gasteiger charge is 2.20. The fourth-order valence-electron chi connectivity index (χ4n) is 2.90. The van der Waals surface area contributed by atoms with Crippen LogP contribution in [0.4, 0.5) is 5.69 Å². The van der Waals surface area contributed by atoms with Gasteiger partial charge in [0, 0.05) is 12.7 Å². The van der Waals surface area contributed by atoms with Gasteiger partial charge in [0.15, 0.2) is 22.2 Å². The summed E-state index contributed by atoms with van der Waals surface area (Å²) in [6.07, 6.45) is 1.29. The van der Waals surface area contributed by atoms with Crippen LogP contribution in [0.2, 0.25) is 5.15 Å². The SMILES string of the molecule is CCn1c(SCC(=O)Nc2cccnc2Cl)nnc1C(C)Oc1cccc(C)c1C. The number of nitrogens with zero attached hydrogens (tertiary/aromatic N) is 4. The number of aryl methyl sites for hydroxylation is 1. The van der Waals surface area contributed by atoms with Crippen molar-refractivity contribution in [3.05, 3.63) is 58.6 Å². The summed E-state index contributed by atoms with van der Waals surface area (Å²) < 4.78 is 8.12. The molecule has 0 radical (unpaired) electrons. The molecule has 0 saturated heterocycles. The quantitative estimate of drug-likeness (QED) is 0.395. The van der Waals surface area contributed by atoms with Crippen molar-refractivity contribution < 1.29 is 9.53 Å². The maximum Gasteiger partial charge on any atom is 0.234 e. The zero-order valence-corrected chi connectivity index (χ0v) is 18.9. The Morgan fingerprint density at radius 3 is 2.80 bits per heavy atom. The summed E-state index contributed by atoms with van der Waals surface area (Å²) in [5.74, 6) is 1.53. The van der Waals surface area contributed by atoms with E-state index in [0.29, 0.717) is 17.4 Å². The molecular formula is C21H24ClN5O2S. The number of benzene rings is 1. The number of aromatic nitrogens is 4. The van der Waals surface area contributed by atoms with Crippen LogP contribution in [0.1, 0.15) is 36.9 Å². The summed E-state index contributed by atoms with van der Waals surface area (Å²) in [5, 5.41) is 12.3. The molecule has 7 nitrogen and oxygen atoms in total. The topological polar surface area (TPSA) is 81.9 Å². The lowest BCUT2D eigenvalue weighted by molar-refractivity contribution is -0.113. The highest BCUT2D eigenvalue weighted by molar-refractivity contribution is 7.99. The number of hydrogen-bond donors (Lipinski definition) is 1. The molecule has 0 fully saturated rings. The van der Waals surface area contributed by atoms with Crippen LogP contribution in [-0.2, 0) is 11.3 Å². The number of pyridine rings is 1. The van der Waals surface area contributed by atoms with E-state index in [4.69, 9.17) is 16.3 Å². The molecule has 1 atom stereocenters. The third kappa shape index (κ3) is 5.12. The van der Waals surface area contributed by atoms with E-state index in [1.165, 1.54) is 17.3 Å². The Hall–Kier alpha value is -2.58. The molecule has 0 aliphatic rings. The summed E-state index contributed by atoms with van der Waals surface area (Å²) in [7, 11) is 0. The van der Waals surface area contributed by atoms with Crippen molar-refractivity contribution in [1.29, 1.82) is 0 Å². The van der Waals surface area contributed by atoms with E-state index in [1.807, 2.05) is 37.5 Å². The van der Waals surface area contributed by atoms with Gasteiger partial charge >= 0.3 is 0 Å². The van der Waals surface area contributed by atoms with E-state index in [-0.39, 0.29) is 22.9 Å².